The first-order chi connectivity index (χ1) is 8.80. The molecule has 0 spiro atoms. The molecule has 2 heterocycles. The minimum atomic E-state index is -0.463. The number of carbonyl (C=O) groups excluding carboxylic acids is 1. The van der Waals surface area contributed by atoms with Crippen molar-refractivity contribution in [2.45, 2.75) is 34.2 Å². The largest absolute Gasteiger partial charge is 0.351 e. The summed E-state index contributed by atoms with van der Waals surface area (Å²) in [6, 6.07) is 1.58. The lowest BCUT2D eigenvalue weighted by Gasteiger charge is -2.17. The molecule has 1 amide bonds. The number of carbonyl (C=O) groups is 1. The molecule has 2 rings (SSSR count). The van der Waals surface area contributed by atoms with Crippen molar-refractivity contribution in [1.29, 1.82) is 0 Å². The van der Waals surface area contributed by atoms with Gasteiger partial charge in [0.15, 0.2) is 5.43 Å². The van der Waals surface area contributed by atoms with Gasteiger partial charge in [-0.15, -0.1) is 0 Å². The Morgan fingerprint density at radius 2 is 2.11 bits per heavy atom. The Bertz CT molecular complexity index is 674. The predicted molar refractivity (Wildman–Crippen MR) is 74.1 cm³/mol. The lowest BCUT2D eigenvalue weighted by Crippen LogP contribution is -2.35. The number of hydrogen-bond acceptors (Lipinski definition) is 2. The Labute approximate surface area is 111 Å². The second-order valence-corrected chi connectivity index (χ2v) is 5.74. The molecule has 0 aliphatic heterocycles. The van der Waals surface area contributed by atoms with Gasteiger partial charge in [0, 0.05) is 29.6 Å². The first-order valence-corrected chi connectivity index (χ1v) is 6.27. The van der Waals surface area contributed by atoms with E-state index in [1.54, 1.807) is 12.3 Å². The van der Waals surface area contributed by atoms with E-state index < -0.39 is 5.41 Å². The Morgan fingerprint density at radius 3 is 2.74 bits per heavy atom. The van der Waals surface area contributed by atoms with Gasteiger partial charge < -0.3 is 14.7 Å². The van der Waals surface area contributed by atoms with Gasteiger partial charge in [-0.2, -0.15) is 0 Å². The maximum atomic E-state index is 12.0. The van der Waals surface area contributed by atoms with Crippen LogP contribution in [0, 0.1) is 12.3 Å². The van der Waals surface area contributed by atoms with E-state index >= 15 is 0 Å². The fourth-order valence-electron chi connectivity index (χ4n) is 1.93. The smallest absolute Gasteiger partial charge is 0.225 e. The highest BCUT2D eigenvalue weighted by Gasteiger charge is 2.21. The average Bonchev–Trinajstić information content (AvgIpc) is 2.76. The number of nitrogens with zero attached hydrogens (tertiary/aromatic N) is 1. The third-order valence-corrected chi connectivity index (χ3v) is 3.09. The number of imidazole rings is 1. The number of aryl methyl sites for hydroxylation is 1. The molecule has 0 radical (unpaired) electrons. The zero-order chi connectivity index (χ0) is 14.2. The molecule has 0 saturated heterocycles. The van der Waals surface area contributed by atoms with E-state index in [1.165, 1.54) is 0 Å². The van der Waals surface area contributed by atoms with Crippen LogP contribution in [0.2, 0.25) is 0 Å². The second-order valence-electron chi connectivity index (χ2n) is 5.74. The summed E-state index contributed by atoms with van der Waals surface area (Å²) in [5.41, 5.74) is 1.66. The van der Waals surface area contributed by atoms with Crippen molar-refractivity contribution in [2.24, 2.45) is 5.41 Å². The van der Waals surface area contributed by atoms with Crippen LogP contribution in [-0.4, -0.2) is 15.3 Å². The molecule has 2 N–H and O–H groups in total. The Kier molecular flexibility index (Phi) is 3.22. The van der Waals surface area contributed by atoms with E-state index in [2.05, 4.69) is 10.3 Å². The van der Waals surface area contributed by atoms with Crippen molar-refractivity contribution in [3.05, 3.63) is 39.9 Å². The summed E-state index contributed by atoms with van der Waals surface area (Å²) >= 11 is 0. The number of H-pyrrole nitrogens is 1. The maximum absolute atomic E-state index is 12.0. The van der Waals surface area contributed by atoms with E-state index in [0.717, 1.165) is 11.3 Å². The topological polar surface area (TPSA) is 66.4 Å². The maximum Gasteiger partial charge on any atom is 0.225 e. The fraction of sp³-hybridized carbons (Fsp3) is 0.429. The van der Waals surface area contributed by atoms with Gasteiger partial charge in [-0.25, -0.2) is 0 Å². The van der Waals surface area contributed by atoms with Crippen LogP contribution in [0.4, 0.5) is 0 Å². The van der Waals surface area contributed by atoms with Crippen molar-refractivity contribution in [3.63, 3.8) is 0 Å². The van der Waals surface area contributed by atoms with E-state index in [0.29, 0.717) is 5.56 Å². The quantitative estimate of drug-likeness (QED) is 0.862. The minimum Gasteiger partial charge on any atom is -0.351 e. The number of rotatable bonds is 2. The van der Waals surface area contributed by atoms with Crippen molar-refractivity contribution >= 4 is 11.6 Å². The summed E-state index contributed by atoms with van der Waals surface area (Å²) in [4.78, 5) is 26.9. The molecule has 0 aromatic carbocycles. The Morgan fingerprint density at radius 1 is 1.42 bits per heavy atom. The summed E-state index contributed by atoms with van der Waals surface area (Å²) in [7, 11) is 0. The van der Waals surface area contributed by atoms with Crippen LogP contribution >= 0.6 is 0 Å². The molecule has 0 atom stereocenters. The van der Waals surface area contributed by atoms with Gasteiger partial charge >= 0.3 is 0 Å². The molecule has 2 aromatic rings. The first-order valence-electron chi connectivity index (χ1n) is 6.27. The Balaban J connectivity index is 2.34. The fourth-order valence-corrected chi connectivity index (χ4v) is 1.93. The van der Waals surface area contributed by atoms with Gasteiger partial charge in [-0.1, -0.05) is 20.8 Å². The van der Waals surface area contributed by atoms with Gasteiger partial charge in [-0.05, 0) is 6.92 Å². The molecule has 0 bridgehead atoms. The van der Waals surface area contributed by atoms with Crippen LogP contribution in [0.5, 0.6) is 0 Å². The van der Waals surface area contributed by atoms with Gasteiger partial charge in [0.2, 0.25) is 5.91 Å². The molecule has 102 valence electrons. The highest BCUT2D eigenvalue weighted by atomic mass is 16.2. The Hall–Kier alpha value is -2.04. The summed E-state index contributed by atoms with van der Waals surface area (Å²) in [6.07, 6.45) is 3.63. The zero-order valence-electron chi connectivity index (χ0n) is 11.7. The molecule has 0 fully saturated rings. The van der Waals surface area contributed by atoms with Crippen LogP contribution in [0.25, 0.3) is 5.65 Å². The molecular formula is C14H19N3O2. The molecular weight excluding hydrogens is 242 g/mol. The van der Waals surface area contributed by atoms with Gasteiger partial charge in [-0.3, -0.25) is 9.59 Å². The summed E-state index contributed by atoms with van der Waals surface area (Å²) in [6.45, 7) is 7.64. The lowest BCUT2D eigenvalue weighted by atomic mass is 9.95. The molecule has 5 heteroatoms. The summed E-state index contributed by atoms with van der Waals surface area (Å²) in [5, 5.41) is 2.81. The SMILES string of the molecule is Cc1cc(=O)c(CNC(=O)C(C)(C)C)c2[nH]ccn12. The zero-order valence-corrected chi connectivity index (χ0v) is 11.7. The third-order valence-electron chi connectivity index (χ3n) is 3.09. The van der Waals surface area contributed by atoms with Crippen LogP contribution < -0.4 is 10.7 Å². The molecule has 0 saturated carbocycles. The summed E-state index contributed by atoms with van der Waals surface area (Å²) in [5.74, 6) is -0.0721. The first kappa shape index (κ1) is 13.4. The monoisotopic (exact) mass is 261 g/mol. The van der Waals surface area contributed by atoms with E-state index in [1.807, 2.05) is 38.3 Å². The van der Waals surface area contributed by atoms with Crippen molar-refractivity contribution < 1.29 is 4.79 Å². The number of aromatic nitrogens is 2. The van der Waals surface area contributed by atoms with Gasteiger partial charge in [0.25, 0.3) is 0 Å². The lowest BCUT2D eigenvalue weighted by molar-refractivity contribution is -0.128. The highest BCUT2D eigenvalue weighted by Crippen LogP contribution is 2.13. The number of pyridine rings is 1. The number of amides is 1. The predicted octanol–water partition coefficient (Wildman–Crippen LogP) is 1.60. The average molecular weight is 261 g/mol. The van der Waals surface area contributed by atoms with Crippen molar-refractivity contribution in [2.75, 3.05) is 0 Å². The van der Waals surface area contributed by atoms with E-state index in [9.17, 15) is 9.59 Å². The number of fused-ring (bicyclic) bond motifs is 1. The van der Waals surface area contributed by atoms with Crippen molar-refractivity contribution in [1.82, 2.24) is 14.7 Å². The number of nitrogens with one attached hydrogen (secondary N) is 2. The molecule has 0 unspecified atom stereocenters. The normalized spacial score (nSPS) is 11.8. The minimum absolute atomic E-state index is 0.0610. The second kappa shape index (κ2) is 4.57. The number of hydrogen-bond donors (Lipinski definition) is 2. The van der Waals surface area contributed by atoms with Gasteiger partial charge in [0.05, 0.1) is 12.1 Å². The molecule has 5 nitrogen and oxygen atoms in total. The van der Waals surface area contributed by atoms with Crippen LogP contribution in [0.1, 0.15) is 32.0 Å². The van der Waals surface area contributed by atoms with Crippen molar-refractivity contribution in [3.8, 4) is 0 Å². The third kappa shape index (κ3) is 2.54. The van der Waals surface area contributed by atoms with E-state index in [-0.39, 0.29) is 17.9 Å². The highest BCUT2D eigenvalue weighted by molar-refractivity contribution is 5.81. The molecule has 0 aliphatic rings. The summed E-state index contributed by atoms with van der Waals surface area (Å²) < 4.78 is 1.90. The molecule has 2 aromatic heterocycles. The van der Waals surface area contributed by atoms with Crippen LogP contribution in [0.15, 0.2) is 23.3 Å². The van der Waals surface area contributed by atoms with E-state index in [4.69, 9.17) is 0 Å². The molecule has 19 heavy (non-hydrogen) atoms. The standard InChI is InChI=1S/C14H19N3O2/c1-9-7-11(18)10(12-15-5-6-17(9)12)8-16-13(19)14(2,3)4/h5-7,15H,8H2,1-4H3,(H,16,19). The number of aromatic amines is 1. The molecule has 0 aliphatic carbocycles. The van der Waals surface area contributed by atoms with Gasteiger partial charge in [0.1, 0.15) is 5.65 Å². The van der Waals surface area contributed by atoms with Crippen LogP contribution in [0.3, 0.4) is 0 Å². The van der Waals surface area contributed by atoms with Crippen LogP contribution in [-0.2, 0) is 11.3 Å².